The molecule has 6 heterocycles. The molecule has 0 amide bonds. The molecule has 9 aromatic rings. The van der Waals surface area contributed by atoms with Gasteiger partial charge in [-0.1, -0.05) is 0 Å². The van der Waals surface area contributed by atoms with Gasteiger partial charge in [0.2, 0.25) is 0 Å². The van der Waals surface area contributed by atoms with E-state index in [1.165, 1.54) is 25.0 Å². The number of hydrogen-bond acceptors (Lipinski definition) is 3. The third kappa shape index (κ3) is 2.82. The van der Waals surface area contributed by atoms with Crippen LogP contribution in [0.25, 0.3) is 74.5 Å². The number of fused-ring (bicyclic) bond motifs is 10. The van der Waals surface area contributed by atoms with Crippen LogP contribution >= 0.6 is 0 Å². The number of aromatic nitrogens is 5. The summed E-state index contributed by atoms with van der Waals surface area (Å²) in [7, 11) is 0. The fraction of sp³-hybridized carbons (Fsp3) is 0. The Morgan fingerprint density at radius 2 is 1.44 bits per heavy atom. The summed E-state index contributed by atoms with van der Waals surface area (Å²) in [5.74, 6) is 0. The first-order valence-electron chi connectivity index (χ1n) is 12.9. The van der Waals surface area contributed by atoms with Crippen molar-refractivity contribution in [2.75, 3.05) is 0 Å². The van der Waals surface area contributed by atoms with Crippen LogP contribution in [0, 0.1) is 0 Å². The number of rotatable bonds is 2. The van der Waals surface area contributed by atoms with Crippen molar-refractivity contribution in [1.82, 2.24) is 24.1 Å². The van der Waals surface area contributed by atoms with E-state index in [9.17, 15) is 0 Å². The molecule has 0 saturated heterocycles. The zero-order chi connectivity index (χ0) is 25.5. The Morgan fingerprint density at radius 3 is 2.38 bits per heavy atom. The minimum absolute atomic E-state index is 0.203. The molecule has 0 N–H and O–H groups in total. The number of para-hydroxylation sites is 1. The molecule has 0 atom stereocenters. The summed E-state index contributed by atoms with van der Waals surface area (Å²) in [5.41, 5.74) is 8.45. The predicted molar refractivity (Wildman–Crippen MR) is 160 cm³/mol. The minimum atomic E-state index is 0.203. The Morgan fingerprint density at radius 1 is 0.564 bits per heavy atom. The fourth-order valence-electron chi connectivity index (χ4n) is 6.12. The first-order chi connectivity index (χ1) is 19.4. The van der Waals surface area contributed by atoms with Crippen LogP contribution in [0.4, 0.5) is 0 Å². The van der Waals surface area contributed by atoms with E-state index in [0.29, 0.717) is 0 Å². The maximum atomic E-state index is 5.08. The number of benzene rings is 3. The van der Waals surface area contributed by atoms with E-state index in [2.05, 4.69) is 99.0 Å². The van der Waals surface area contributed by atoms with Crippen LogP contribution in [0.1, 0.15) is 0 Å². The molecule has 0 radical (unpaired) electrons. The van der Waals surface area contributed by atoms with E-state index in [1.54, 1.807) is 0 Å². The molecule has 6 aromatic heterocycles. The number of hydrogen-bond donors (Lipinski definition) is 0. The van der Waals surface area contributed by atoms with Gasteiger partial charge >= 0.3 is 229 Å². The fourth-order valence-corrected chi connectivity index (χ4v) is 8.65. The van der Waals surface area contributed by atoms with E-state index in [4.69, 9.17) is 9.97 Å². The second kappa shape index (κ2) is 7.87. The van der Waals surface area contributed by atoms with Crippen LogP contribution < -0.4 is 0 Å². The first-order valence-corrected chi connectivity index (χ1v) is 14.6. The van der Waals surface area contributed by atoms with Crippen molar-refractivity contribution < 1.29 is 0 Å². The van der Waals surface area contributed by atoms with Crippen molar-refractivity contribution in [3.63, 3.8) is 0 Å². The second-order valence-corrected chi connectivity index (χ2v) is 11.9. The Balaban J connectivity index is 1.54. The molecule has 39 heavy (non-hydrogen) atoms. The van der Waals surface area contributed by atoms with Crippen molar-refractivity contribution >= 4 is 77.7 Å². The van der Waals surface area contributed by atoms with Gasteiger partial charge in [0.1, 0.15) is 0 Å². The summed E-state index contributed by atoms with van der Waals surface area (Å²) in [5, 5.41) is 4.93. The van der Waals surface area contributed by atoms with Crippen LogP contribution in [0.2, 0.25) is 0 Å². The van der Waals surface area contributed by atoms with Gasteiger partial charge in [0.15, 0.2) is 0 Å². The Kier molecular flexibility index (Phi) is 4.28. The van der Waals surface area contributed by atoms with Crippen LogP contribution in [-0.4, -0.2) is 38.6 Å². The summed E-state index contributed by atoms with van der Waals surface area (Å²) in [6, 6.07) is 32.3. The zero-order valence-corrected chi connectivity index (χ0v) is 22.3. The Bertz CT molecular complexity index is 2400. The third-order valence-electron chi connectivity index (χ3n) is 7.70. The van der Waals surface area contributed by atoms with E-state index in [-0.39, 0.29) is 14.5 Å². The van der Waals surface area contributed by atoms with Crippen molar-refractivity contribution in [2.24, 2.45) is 0 Å². The molecule has 0 aliphatic heterocycles. The number of pyridine rings is 3. The van der Waals surface area contributed by atoms with Gasteiger partial charge < -0.3 is 0 Å². The summed E-state index contributed by atoms with van der Waals surface area (Å²) in [6.07, 6.45) is 7.72. The monoisotopic (exact) mass is 565 g/mol. The van der Waals surface area contributed by atoms with E-state index >= 15 is 0 Å². The molecule has 0 bridgehead atoms. The number of nitrogens with zero attached hydrogens (tertiary/aromatic N) is 5. The summed E-state index contributed by atoms with van der Waals surface area (Å²) in [4.78, 5) is 14.5. The van der Waals surface area contributed by atoms with Crippen LogP contribution in [-0.2, 0) is 0 Å². The topological polar surface area (TPSA) is 48.5 Å². The molecule has 182 valence electrons. The van der Waals surface area contributed by atoms with Crippen molar-refractivity contribution in [3.8, 4) is 11.4 Å². The van der Waals surface area contributed by atoms with Crippen LogP contribution in [0.5, 0.6) is 0 Å². The van der Waals surface area contributed by atoms with Gasteiger partial charge in [0, 0.05) is 0 Å². The summed E-state index contributed by atoms with van der Waals surface area (Å²) in [6.45, 7) is 0. The van der Waals surface area contributed by atoms with Crippen LogP contribution in [0.15, 0.2) is 116 Å². The Labute approximate surface area is 228 Å². The van der Waals surface area contributed by atoms with Gasteiger partial charge in [-0.25, -0.2) is 0 Å². The van der Waals surface area contributed by atoms with E-state index in [1.807, 2.05) is 30.9 Å². The first kappa shape index (κ1) is 21.2. The molecule has 0 spiro atoms. The average Bonchev–Trinajstić information content (AvgIpc) is 3.65. The molecule has 3 aromatic carbocycles. The summed E-state index contributed by atoms with van der Waals surface area (Å²) >= 11 is 0.203. The van der Waals surface area contributed by atoms with Gasteiger partial charge in [0.05, 0.1) is 0 Å². The van der Waals surface area contributed by atoms with Crippen molar-refractivity contribution in [1.29, 1.82) is 0 Å². The van der Waals surface area contributed by atoms with Gasteiger partial charge in [0.25, 0.3) is 0 Å². The quantitative estimate of drug-likeness (QED) is 0.205. The third-order valence-corrected chi connectivity index (χ3v) is 10.2. The van der Waals surface area contributed by atoms with Gasteiger partial charge in [-0.15, -0.1) is 0 Å². The normalized spacial score (nSPS) is 12.1. The standard InChI is InChI=1S/C33H19N5Se/c1-2-8-20(9-3-1)37-24-15-17-34-18-23(24)29-27(37)19-36-31-30-25(13-7-16-35-30)38(32(29)31)26-12-6-11-22-21-10-4-5-14-28(21)39-33(22)26/h1-19H. The molecule has 9 rings (SSSR count). The molecule has 0 unspecified atom stereocenters. The van der Waals surface area contributed by atoms with E-state index in [0.717, 1.165) is 49.6 Å². The zero-order valence-electron chi connectivity index (χ0n) is 20.6. The predicted octanol–water partition coefficient (Wildman–Crippen LogP) is 7.43. The molecule has 0 saturated carbocycles. The SMILES string of the molecule is c1ccc(-n2c3ccncc3c3c2cnc2c4ncccc4n(-c4cccc5c4[se]c4ccccc45)c23)cc1. The molecule has 6 heteroatoms. The van der Waals surface area contributed by atoms with E-state index < -0.39 is 0 Å². The molecular formula is C33H19N5Se. The molecule has 0 aliphatic rings. The average molecular weight is 565 g/mol. The van der Waals surface area contributed by atoms with Crippen molar-refractivity contribution in [3.05, 3.63) is 116 Å². The molecule has 5 nitrogen and oxygen atoms in total. The van der Waals surface area contributed by atoms with Gasteiger partial charge in [-0.3, -0.25) is 0 Å². The van der Waals surface area contributed by atoms with Crippen LogP contribution in [0.3, 0.4) is 0 Å². The molecule has 0 fully saturated rings. The molecule has 0 aliphatic carbocycles. The van der Waals surface area contributed by atoms with Gasteiger partial charge in [-0.2, -0.15) is 0 Å². The Hall–Kier alpha value is -4.77. The maximum absolute atomic E-state index is 5.08. The second-order valence-electron chi connectivity index (χ2n) is 9.74. The van der Waals surface area contributed by atoms with Crippen molar-refractivity contribution in [2.45, 2.75) is 0 Å². The molecular weight excluding hydrogens is 545 g/mol. The van der Waals surface area contributed by atoms with Gasteiger partial charge in [-0.05, 0) is 0 Å². The summed E-state index contributed by atoms with van der Waals surface area (Å²) < 4.78 is 7.53.